The molecule has 0 fully saturated rings. The van der Waals surface area contributed by atoms with Gasteiger partial charge in [-0.2, -0.15) is 0 Å². The number of methoxy groups -OCH3 is 1. The van der Waals surface area contributed by atoms with Crippen molar-refractivity contribution in [2.45, 2.75) is 26.0 Å². The molecule has 1 rings (SSSR count). The lowest BCUT2D eigenvalue weighted by molar-refractivity contribution is 0.106. The molecule has 0 bridgehead atoms. The Morgan fingerprint density at radius 3 is 2.19 bits per heavy atom. The van der Waals surface area contributed by atoms with E-state index in [9.17, 15) is 13.2 Å². The standard InChI is InChI=1S/C11H14F3NO/c1-6(7(2)16-3)15-11-5-9(13)8(12)4-10(11)14/h4-7,15H,1-3H3. The molecule has 0 saturated heterocycles. The fourth-order valence-corrected chi connectivity index (χ4v) is 1.20. The summed E-state index contributed by atoms with van der Waals surface area (Å²) in [5, 5.41) is 2.72. The highest BCUT2D eigenvalue weighted by Gasteiger charge is 2.15. The zero-order valence-electron chi connectivity index (χ0n) is 9.35. The molecule has 2 nitrogen and oxygen atoms in total. The van der Waals surface area contributed by atoms with Crippen molar-refractivity contribution in [3.63, 3.8) is 0 Å². The van der Waals surface area contributed by atoms with E-state index < -0.39 is 17.5 Å². The van der Waals surface area contributed by atoms with Crippen LogP contribution in [0.2, 0.25) is 0 Å². The first kappa shape index (κ1) is 12.8. The number of rotatable bonds is 4. The van der Waals surface area contributed by atoms with Crippen LogP contribution in [-0.2, 0) is 4.74 Å². The number of hydrogen-bond donors (Lipinski definition) is 1. The van der Waals surface area contributed by atoms with Crippen LogP contribution in [0, 0.1) is 17.5 Å². The van der Waals surface area contributed by atoms with E-state index in [1.165, 1.54) is 7.11 Å². The Balaban J connectivity index is 2.85. The molecule has 0 aliphatic heterocycles. The first-order chi connectivity index (χ1) is 7.45. The average Bonchev–Trinajstić information content (AvgIpc) is 2.24. The second-order valence-corrected chi connectivity index (χ2v) is 3.62. The van der Waals surface area contributed by atoms with E-state index >= 15 is 0 Å². The average molecular weight is 233 g/mol. The lowest BCUT2D eigenvalue weighted by Crippen LogP contribution is -2.30. The number of nitrogens with one attached hydrogen (secondary N) is 1. The molecule has 2 unspecified atom stereocenters. The molecule has 0 radical (unpaired) electrons. The first-order valence-electron chi connectivity index (χ1n) is 4.89. The van der Waals surface area contributed by atoms with Crippen LogP contribution in [0.25, 0.3) is 0 Å². The monoisotopic (exact) mass is 233 g/mol. The molecule has 90 valence electrons. The van der Waals surface area contributed by atoms with Gasteiger partial charge in [-0.25, -0.2) is 13.2 Å². The van der Waals surface area contributed by atoms with E-state index in [4.69, 9.17) is 4.74 Å². The Bertz CT molecular complexity index is 370. The molecule has 1 aromatic carbocycles. The number of hydrogen-bond acceptors (Lipinski definition) is 2. The van der Waals surface area contributed by atoms with Gasteiger partial charge in [0.25, 0.3) is 0 Å². The summed E-state index contributed by atoms with van der Waals surface area (Å²) >= 11 is 0. The molecule has 0 aliphatic carbocycles. The minimum atomic E-state index is -1.20. The Labute approximate surface area is 92.4 Å². The third-order valence-corrected chi connectivity index (χ3v) is 2.47. The summed E-state index contributed by atoms with van der Waals surface area (Å²) in [5.74, 6) is -3.11. The van der Waals surface area contributed by atoms with Crippen molar-refractivity contribution in [1.82, 2.24) is 0 Å². The van der Waals surface area contributed by atoms with Gasteiger partial charge in [-0.3, -0.25) is 0 Å². The van der Waals surface area contributed by atoms with Crippen molar-refractivity contribution in [2.24, 2.45) is 0 Å². The number of anilines is 1. The second-order valence-electron chi connectivity index (χ2n) is 3.62. The van der Waals surface area contributed by atoms with E-state index in [-0.39, 0.29) is 17.8 Å². The molecule has 0 saturated carbocycles. The molecule has 2 atom stereocenters. The maximum atomic E-state index is 13.2. The third-order valence-electron chi connectivity index (χ3n) is 2.47. The Morgan fingerprint density at radius 1 is 1.06 bits per heavy atom. The molecular weight excluding hydrogens is 219 g/mol. The van der Waals surface area contributed by atoms with Crippen molar-refractivity contribution in [3.8, 4) is 0 Å². The summed E-state index contributed by atoms with van der Waals surface area (Å²) in [5.41, 5.74) is -0.0738. The van der Waals surface area contributed by atoms with Crippen LogP contribution in [0.3, 0.4) is 0 Å². The Kier molecular flexibility index (Phi) is 4.18. The van der Waals surface area contributed by atoms with Gasteiger partial charge in [-0.15, -0.1) is 0 Å². The third kappa shape index (κ3) is 2.88. The summed E-state index contributed by atoms with van der Waals surface area (Å²) in [6.07, 6.45) is -0.174. The molecule has 0 amide bonds. The van der Waals surface area contributed by atoms with Crippen LogP contribution in [0.1, 0.15) is 13.8 Å². The highest BCUT2D eigenvalue weighted by Crippen LogP contribution is 2.19. The van der Waals surface area contributed by atoms with Gasteiger partial charge in [0.15, 0.2) is 11.6 Å². The Morgan fingerprint density at radius 2 is 1.62 bits per heavy atom. The van der Waals surface area contributed by atoms with Crippen LogP contribution >= 0.6 is 0 Å². The topological polar surface area (TPSA) is 21.3 Å². The SMILES string of the molecule is COC(C)C(C)Nc1cc(F)c(F)cc1F. The molecule has 0 heterocycles. The number of benzene rings is 1. The minimum absolute atomic E-state index is 0.0738. The van der Waals surface area contributed by atoms with Crippen LogP contribution < -0.4 is 5.32 Å². The van der Waals surface area contributed by atoms with Gasteiger partial charge in [0.1, 0.15) is 5.82 Å². The predicted molar refractivity (Wildman–Crippen MR) is 55.9 cm³/mol. The van der Waals surface area contributed by atoms with Crippen LogP contribution in [0.4, 0.5) is 18.9 Å². The van der Waals surface area contributed by atoms with Crippen molar-refractivity contribution in [3.05, 3.63) is 29.6 Å². The fourth-order valence-electron chi connectivity index (χ4n) is 1.20. The normalized spacial score (nSPS) is 14.6. The van der Waals surface area contributed by atoms with Crippen molar-refractivity contribution in [1.29, 1.82) is 0 Å². The molecule has 5 heteroatoms. The molecule has 1 aromatic rings. The zero-order chi connectivity index (χ0) is 12.3. The van der Waals surface area contributed by atoms with E-state index in [2.05, 4.69) is 5.32 Å². The summed E-state index contributed by atoms with van der Waals surface area (Å²) in [7, 11) is 1.52. The summed E-state index contributed by atoms with van der Waals surface area (Å²) < 4.78 is 43.8. The van der Waals surface area contributed by atoms with Gasteiger partial charge >= 0.3 is 0 Å². The molecule has 0 spiro atoms. The van der Waals surface area contributed by atoms with Gasteiger partial charge < -0.3 is 10.1 Å². The molecular formula is C11H14F3NO. The largest absolute Gasteiger partial charge is 0.380 e. The van der Waals surface area contributed by atoms with Crippen molar-refractivity contribution >= 4 is 5.69 Å². The maximum absolute atomic E-state index is 13.2. The van der Waals surface area contributed by atoms with Crippen LogP contribution in [0.5, 0.6) is 0 Å². The van der Waals surface area contributed by atoms with Crippen molar-refractivity contribution < 1.29 is 17.9 Å². The van der Waals surface area contributed by atoms with Gasteiger partial charge in [-0.1, -0.05) is 0 Å². The summed E-state index contributed by atoms with van der Waals surface area (Å²) in [6, 6.07) is 1.09. The van der Waals surface area contributed by atoms with Crippen LogP contribution in [-0.4, -0.2) is 19.3 Å². The Hall–Kier alpha value is -1.23. The maximum Gasteiger partial charge on any atom is 0.161 e. The molecule has 0 aliphatic rings. The van der Waals surface area contributed by atoms with Crippen molar-refractivity contribution in [2.75, 3.05) is 12.4 Å². The summed E-state index contributed by atoms with van der Waals surface area (Å²) in [6.45, 7) is 3.55. The van der Waals surface area contributed by atoms with E-state index in [1.807, 2.05) is 0 Å². The highest BCUT2D eigenvalue weighted by atomic mass is 19.2. The predicted octanol–water partition coefficient (Wildman–Crippen LogP) is 2.94. The van der Waals surface area contributed by atoms with Gasteiger partial charge in [-0.05, 0) is 13.8 Å². The number of ether oxygens (including phenoxy) is 1. The fraction of sp³-hybridized carbons (Fsp3) is 0.455. The number of halogens is 3. The minimum Gasteiger partial charge on any atom is -0.380 e. The van der Waals surface area contributed by atoms with Gasteiger partial charge in [0, 0.05) is 25.3 Å². The van der Waals surface area contributed by atoms with Gasteiger partial charge in [0.2, 0.25) is 0 Å². The van der Waals surface area contributed by atoms with Gasteiger partial charge in [0.05, 0.1) is 11.8 Å². The smallest absolute Gasteiger partial charge is 0.161 e. The summed E-state index contributed by atoms with van der Waals surface area (Å²) in [4.78, 5) is 0. The highest BCUT2D eigenvalue weighted by molar-refractivity contribution is 5.46. The quantitative estimate of drug-likeness (QED) is 0.807. The molecule has 0 aromatic heterocycles. The lowest BCUT2D eigenvalue weighted by atomic mass is 10.2. The van der Waals surface area contributed by atoms with Crippen LogP contribution in [0.15, 0.2) is 12.1 Å². The molecule has 1 N–H and O–H groups in total. The van der Waals surface area contributed by atoms with E-state index in [0.717, 1.165) is 6.07 Å². The van der Waals surface area contributed by atoms with E-state index in [1.54, 1.807) is 13.8 Å². The second kappa shape index (κ2) is 5.21. The zero-order valence-corrected chi connectivity index (χ0v) is 9.35. The van der Waals surface area contributed by atoms with E-state index in [0.29, 0.717) is 6.07 Å². The first-order valence-corrected chi connectivity index (χ1v) is 4.89. The molecule has 16 heavy (non-hydrogen) atoms. The lowest BCUT2D eigenvalue weighted by Gasteiger charge is -2.21.